The molecule has 0 saturated carbocycles. The Morgan fingerprint density at radius 1 is 1.12 bits per heavy atom. The first-order chi connectivity index (χ1) is 15.6. The van der Waals surface area contributed by atoms with E-state index >= 15 is 0 Å². The molecule has 0 aromatic heterocycles. The molecule has 8 nitrogen and oxygen atoms in total. The highest BCUT2D eigenvalue weighted by atomic mass is 16.6. The maximum Gasteiger partial charge on any atom is 0.410 e. The van der Waals surface area contributed by atoms with Gasteiger partial charge in [-0.05, 0) is 44.6 Å². The summed E-state index contributed by atoms with van der Waals surface area (Å²) in [5, 5.41) is 2.97. The summed E-state index contributed by atoms with van der Waals surface area (Å²) in [7, 11) is 0. The van der Waals surface area contributed by atoms with E-state index in [9.17, 15) is 14.4 Å². The van der Waals surface area contributed by atoms with E-state index in [1.165, 1.54) is 5.56 Å². The van der Waals surface area contributed by atoms with Crippen LogP contribution in [0.25, 0.3) is 0 Å². The lowest BCUT2D eigenvalue weighted by molar-refractivity contribution is -0.143. The molecule has 1 unspecified atom stereocenters. The van der Waals surface area contributed by atoms with Crippen LogP contribution < -0.4 is 5.32 Å². The minimum absolute atomic E-state index is 0.0462. The molecule has 0 aliphatic carbocycles. The van der Waals surface area contributed by atoms with Gasteiger partial charge in [0.2, 0.25) is 0 Å². The van der Waals surface area contributed by atoms with Gasteiger partial charge in [0.25, 0.3) is 0 Å². The zero-order valence-corrected chi connectivity index (χ0v) is 19.0. The molecule has 2 aliphatic heterocycles. The quantitative estimate of drug-likeness (QED) is 0.441. The van der Waals surface area contributed by atoms with Crippen LogP contribution in [0.3, 0.4) is 0 Å². The lowest BCUT2D eigenvalue weighted by atomic mass is 9.99. The fourth-order valence-electron chi connectivity index (χ4n) is 4.42. The molecular weight excluding hydrogens is 410 g/mol. The first-order valence-electron chi connectivity index (χ1n) is 11.8. The Labute approximate surface area is 190 Å². The fraction of sp³-hybridized carbons (Fsp3) is 0.625. The third-order valence-electron chi connectivity index (χ3n) is 6.10. The van der Waals surface area contributed by atoms with Crippen molar-refractivity contribution in [3.8, 4) is 0 Å². The molecule has 8 heteroatoms. The molecule has 176 valence electrons. The predicted molar refractivity (Wildman–Crippen MR) is 120 cm³/mol. The smallest absolute Gasteiger partial charge is 0.410 e. The monoisotopic (exact) mass is 445 g/mol. The number of amides is 3. The van der Waals surface area contributed by atoms with Crippen LogP contribution in [0.5, 0.6) is 0 Å². The third kappa shape index (κ3) is 6.87. The molecule has 0 spiro atoms. The van der Waals surface area contributed by atoms with E-state index in [1.54, 1.807) is 6.92 Å². The van der Waals surface area contributed by atoms with Crippen molar-refractivity contribution in [1.29, 1.82) is 0 Å². The van der Waals surface area contributed by atoms with E-state index in [-0.39, 0.29) is 30.2 Å². The summed E-state index contributed by atoms with van der Waals surface area (Å²) in [6.07, 6.45) is 4.97. The van der Waals surface area contributed by atoms with Crippen molar-refractivity contribution in [3.63, 3.8) is 0 Å². The van der Waals surface area contributed by atoms with Gasteiger partial charge in [-0.3, -0.25) is 9.69 Å². The van der Waals surface area contributed by atoms with Crippen LogP contribution in [0.2, 0.25) is 0 Å². The standard InChI is InChI=1S/C24H35N3O5/c1-2-31-22(28)11-7-4-8-14-25-23(29)26-15-12-20(13-16-26)27-21(18-32-24(27)30)17-19-9-5-3-6-10-19/h3,5-6,9-10,20-21H,2,4,7-8,11-18H2,1H3,(H,25,29). The van der Waals surface area contributed by atoms with E-state index in [1.807, 2.05) is 28.0 Å². The van der Waals surface area contributed by atoms with Crippen molar-refractivity contribution >= 4 is 18.1 Å². The lowest BCUT2D eigenvalue weighted by Crippen LogP contribution is -2.52. The number of benzene rings is 1. The Morgan fingerprint density at radius 3 is 2.59 bits per heavy atom. The third-order valence-corrected chi connectivity index (χ3v) is 6.10. The topological polar surface area (TPSA) is 88.2 Å². The fourth-order valence-corrected chi connectivity index (χ4v) is 4.42. The molecule has 2 aliphatic rings. The summed E-state index contributed by atoms with van der Waals surface area (Å²) in [5.74, 6) is -0.160. The molecule has 3 rings (SSSR count). The van der Waals surface area contributed by atoms with Crippen molar-refractivity contribution in [2.45, 2.75) is 64.0 Å². The van der Waals surface area contributed by atoms with Gasteiger partial charge in [-0.25, -0.2) is 9.59 Å². The zero-order chi connectivity index (χ0) is 22.8. The predicted octanol–water partition coefficient (Wildman–Crippen LogP) is 3.35. The number of hydrogen-bond donors (Lipinski definition) is 1. The van der Waals surface area contributed by atoms with Crippen LogP contribution in [0, 0.1) is 0 Å². The number of nitrogens with zero attached hydrogens (tertiary/aromatic N) is 2. The van der Waals surface area contributed by atoms with Crippen LogP contribution in [-0.4, -0.2) is 72.8 Å². The summed E-state index contributed by atoms with van der Waals surface area (Å²) in [6.45, 7) is 4.49. The number of hydrogen-bond acceptors (Lipinski definition) is 5. The number of esters is 1. The van der Waals surface area contributed by atoms with E-state index in [4.69, 9.17) is 9.47 Å². The van der Waals surface area contributed by atoms with Crippen LogP contribution in [0.4, 0.5) is 9.59 Å². The van der Waals surface area contributed by atoms with E-state index < -0.39 is 0 Å². The first kappa shape index (κ1) is 23.9. The van der Waals surface area contributed by atoms with Crippen molar-refractivity contribution in [3.05, 3.63) is 35.9 Å². The summed E-state index contributed by atoms with van der Waals surface area (Å²) in [6, 6.07) is 10.2. The van der Waals surface area contributed by atoms with E-state index in [0.29, 0.717) is 39.3 Å². The van der Waals surface area contributed by atoms with Crippen molar-refractivity contribution < 1.29 is 23.9 Å². The van der Waals surface area contributed by atoms with Crippen molar-refractivity contribution in [2.75, 3.05) is 32.8 Å². The molecule has 2 heterocycles. The number of nitrogens with one attached hydrogen (secondary N) is 1. The number of ether oxygens (including phenoxy) is 2. The van der Waals surface area contributed by atoms with Gasteiger partial charge in [0.15, 0.2) is 0 Å². The maximum absolute atomic E-state index is 12.5. The molecule has 2 saturated heterocycles. The van der Waals surface area contributed by atoms with Crippen LogP contribution in [0.15, 0.2) is 30.3 Å². The second-order valence-corrected chi connectivity index (χ2v) is 8.39. The number of carbonyl (C=O) groups is 3. The molecule has 0 bridgehead atoms. The highest BCUT2D eigenvalue weighted by molar-refractivity contribution is 5.74. The number of cyclic esters (lactones) is 1. The molecule has 1 N–H and O–H groups in total. The number of carbonyl (C=O) groups excluding carboxylic acids is 3. The van der Waals surface area contributed by atoms with Gasteiger partial charge in [-0.2, -0.15) is 0 Å². The highest BCUT2D eigenvalue weighted by Crippen LogP contribution is 2.26. The van der Waals surface area contributed by atoms with Gasteiger partial charge in [0, 0.05) is 32.1 Å². The normalized spacial score (nSPS) is 19.0. The van der Waals surface area contributed by atoms with Crippen molar-refractivity contribution in [1.82, 2.24) is 15.1 Å². The minimum Gasteiger partial charge on any atom is -0.466 e. The zero-order valence-electron chi connectivity index (χ0n) is 19.0. The van der Waals surface area contributed by atoms with Gasteiger partial charge < -0.3 is 19.7 Å². The Morgan fingerprint density at radius 2 is 1.88 bits per heavy atom. The summed E-state index contributed by atoms with van der Waals surface area (Å²) >= 11 is 0. The largest absolute Gasteiger partial charge is 0.466 e. The molecule has 1 atom stereocenters. The maximum atomic E-state index is 12.5. The Balaban J connectivity index is 1.36. The minimum atomic E-state index is -0.239. The van der Waals surface area contributed by atoms with Gasteiger partial charge >= 0.3 is 18.1 Å². The molecule has 1 aromatic carbocycles. The Hall–Kier alpha value is -2.77. The summed E-state index contributed by atoms with van der Waals surface area (Å²) < 4.78 is 10.3. The van der Waals surface area contributed by atoms with E-state index in [0.717, 1.165) is 38.5 Å². The Bertz CT molecular complexity index is 749. The number of piperidine rings is 1. The number of urea groups is 1. The molecular formula is C24H35N3O5. The lowest BCUT2D eigenvalue weighted by Gasteiger charge is -2.37. The highest BCUT2D eigenvalue weighted by Gasteiger charge is 2.39. The average Bonchev–Trinajstić information content (AvgIpc) is 3.16. The van der Waals surface area contributed by atoms with E-state index in [2.05, 4.69) is 17.4 Å². The van der Waals surface area contributed by atoms with Gasteiger partial charge in [-0.15, -0.1) is 0 Å². The summed E-state index contributed by atoms with van der Waals surface area (Å²) in [4.78, 5) is 39.9. The second-order valence-electron chi connectivity index (χ2n) is 8.39. The number of unbranched alkanes of at least 4 members (excludes halogenated alkanes) is 2. The second kappa shape index (κ2) is 12.3. The molecule has 2 fully saturated rings. The first-order valence-corrected chi connectivity index (χ1v) is 11.8. The number of likely N-dealkylation sites (tertiary alicyclic amines) is 1. The SMILES string of the molecule is CCOC(=O)CCCCCNC(=O)N1CCC(N2C(=O)OCC2Cc2ccccc2)CC1. The average molecular weight is 446 g/mol. The Kier molecular flexibility index (Phi) is 9.19. The molecule has 1 aromatic rings. The van der Waals surface area contributed by atoms with Crippen LogP contribution in [0.1, 0.15) is 51.0 Å². The van der Waals surface area contributed by atoms with Crippen molar-refractivity contribution in [2.24, 2.45) is 0 Å². The summed E-state index contributed by atoms with van der Waals surface area (Å²) in [5.41, 5.74) is 1.19. The number of rotatable bonds is 10. The van der Waals surface area contributed by atoms with Crippen LogP contribution >= 0.6 is 0 Å². The molecule has 0 radical (unpaired) electrons. The van der Waals surface area contributed by atoms with Gasteiger partial charge in [0.1, 0.15) is 6.61 Å². The molecule has 3 amide bonds. The van der Waals surface area contributed by atoms with Gasteiger partial charge in [-0.1, -0.05) is 36.8 Å². The molecule has 32 heavy (non-hydrogen) atoms. The van der Waals surface area contributed by atoms with Crippen LogP contribution in [-0.2, 0) is 20.7 Å². The van der Waals surface area contributed by atoms with Gasteiger partial charge in [0.05, 0.1) is 12.6 Å².